The first-order valence-electron chi connectivity index (χ1n) is 12.2. The van der Waals surface area contributed by atoms with Gasteiger partial charge >= 0.3 is 0 Å². The summed E-state index contributed by atoms with van der Waals surface area (Å²) in [6.07, 6.45) is 0. The van der Waals surface area contributed by atoms with E-state index in [0.717, 1.165) is 5.56 Å². The van der Waals surface area contributed by atoms with E-state index >= 15 is 0 Å². The molecule has 0 unspecified atom stereocenters. The Morgan fingerprint density at radius 2 is 1.77 bits per heavy atom. The first-order chi connectivity index (χ1) is 18.9. The number of furan rings is 1. The molecule has 0 radical (unpaired) electrons. The lowest BCUT2D eigenvalue weighted by Gasteiger charge is -2.29. The minimum absolute atomic E-state index is 0.0502. The average Bonchev–Trinajstić information content (AvgIpc) is 3.42. The lowest BCUT2D eigenvalue weighted by Crippen LogP contribution is -2.38. The number of Topliss-reactive ketones (excluding diaryl/α,β-unsaturated/α-hetero) is 1. The second-order valence-electron chi connectivity index (χ2n) is 9.03. The second-order valence-corrected chi connectivity index (χ2v) is 9.03. The van der Waals surface area contributed by atoms with Crippen molar-refractivity contribution in [1.82, 2.24) is 4.90 Å². The Morgan fingerprint density at radius 1 is 1.00 bits per heavy atom. The first-order valence-corrected chi connectivity index (χ1v) is 12.2. The van der Waals surface area contributed by atoms with Crippen LogP contribution < -0.4 is 14.4 Å². The lowest BCUT2D eigenvalue weighted by molar-refractivity contribution is -0.121. The minimum atomic E-state index is -0.402. The topological polar surface area (TPSA) is 89.3 Å². The van der Waals surface area contributed by atoms with Gasteiger partial charge in [-0.1, -0.05) is 30.3 Å². The van der Waals surface area contributed by atoms with Gasteiger partial charge in [0.1, 0.15) is 23.1 Å². The third kappa shape index (κ3) is 5.98. The Bertz CT molecular complexity index is 1500. The van der Waals surface area contributed by atoms with Gasteiger partial charge in [-0.05, 0) is 60.2 Å². The molecule has 4 aromatic rings. The van der Waals surface area contributed by atoms with Crippen molar-refractivity contribution >= 4 is 23.3 Å². The van der Waals surface area contributed by atoms with Gasteiger partial charge in [0.05, 0.1) is 12.2 Å². The van der Waals surface area contributed by atoms with Gasteiger partial charge in [-0.15, -0.1) is 0 Å². The molecule has 39 heavy (non-hydrogen) atoms. The zero-order valence-corrected chi connectivity index (χ0v) is 21.1. The Balaban J connectivity index is 1.28. The van der Waals surface area contributed by atoms with Gasteiger partial charge in [0.25, 0.3) is 11.8 Å². The molecule has 8 nitrogen and oxygen atoms in total. The number of carbonyl (C=O) groups is 3. The lowest BCUT2D eigenvalue weighted by atomic mass is 10.1. The number of hydrogen-bond acceptors (Lipinski definition) is 6. The molecule has 0 bridgehead atoms. The number of carbonyl (C=O) groups excluding carboxylic acids is 3. The van der Waals surface area contributed by atoms with Crippen LogP contribution in [0.3, 0.4) is 0 Å². The van der Waals surface area contributed by atoms with E-state index in [0.29, 0.717) is 35.1 Å². The summed E-state index contributed by atoms with van der Waals surface area (Å²) in [5, 5.41) is 0. The van der Waals surface area contributed by atoms with Crippen molar-refractivity contribution in [3.8, 4) is 11.5 Å². The molecule has 0 spiro atoms. The standard InChI is InChI=1S/C30H25FN2O6/c1-32(16-20-5-3-2-4-6-20)30(36)28-14-12-24(39-28)17-33-25-15-21(7-13-27(25)38-19-29(33)35)26(34)18-37-23-10-8-22(31)9-11-23/h2-15H,16-19H2,1H3. The highest BCUT2D eigenvalue weighted by Gasteiger charge is 2.28. The fraction of sp³-hybridized carbons (Fsp3) is 0.167. The van der Waals surface area contributed by atoms with Crippen LogP contribution in [0.25, 0.3) is 0 Å². The van der Waals surface area contributed by atoms with Crippen molar-refractivity contribution in [3.63, 3.8) is 0 Å². The highest BCUT2D eigenvalue weighted by Crippen LogP contribution is 2.34. The molecular weight excluding hydrogens is 503 g/mol. The fourth-order valence-electron chi connectivity index (χ4n) is 4.16. The van der Waals surface area contributed by atoms with Crippen molar-refractivity contribution in [3.05, 3.63) is 113 Å². The van der Waals surface area contributed by atoms with Crippen LogP contribution in [0.15, 0.2) is 89.3 Å². The van der Waals surface area contributed by atoms with Crippen molar-refractivity contribution in [2.24, 2.45) is 0 Å². The number of nitrogens with zero attached hydrogens (tertiary/aromatic N) is 2. The van der Waals surface area contributed by atoms with E-state index in [2.05, 4.69) is 0 Å². The summed E-state index contributed by atoms with van der Waals surface area (Å²) in [6.45, 7) is 0.0426. The summed E-state index contributed by atoms with van der Waals surface area (Å²) in [7, 11) is 1.69. The molecule has 3 aromatic carbocycles. The van der Waals surface area contributed by atoms with Crippen LogP contribution in [0, 0.1) is 5.82 Å². The maximum atomic E-state index is 13.1. The molecule has 1 aromatic heterocycles. The average molecular weight is 529 g/mol. The molecule has 1 aliphatic heterocycles. The molecule has 1 aliphatic rings. The minimum Gasteiger partial charge on any atom is -0.485 e. The summed E-state index contributed by atoms with van der Waals surface area (Å²) < 4.78 is 29.9. The molecule has 0 aliphatic carbocycles. The van der Waals surface area contributed by atoms with Crippen LogP contribution in [0.1, 0.15) is 32.2 Å². The maximum absolute atomic E-state index is 13.1. The Morgan fingerprint density at radius 3 is 2.54 bits per heavy atom. The van der Waals surface area contributed by atoms with E-state index in [9.17, 15) is 18.8 Å². The zero-order valence-electron chi connectivity index (χ0n) is 21.1. The molecule has 0 N–H and O–H groups in total. The largest absolute Gasteiger partial charge is 0.485 e. The normalized spacial score (nSPS) is 12.5. The number of anilines is 1. The third-order valence-electron chi connectivity index (χ3n) is 6.20. The van der Waals surface area contributed by atoms with Crippen LogP contribution >= 0.6 is 0 Å². The van der Waals surface area contributed by atoms with Gasteiger partial charge in [-0.2, -0.15) is 0 Å². The maximum Gasteiger partial charge on any atom is 0.289 e. The van der Waals surface area contributed by atoms with Gasteiger partial charge in [0, 0.05) is 19.2 Å². The van der Waals surface area contributed by atoms with Crippen LogP contribution in [0.2, 0.25) is 0 Å². The number of halogens is 1. The SMILES string of the molecule is CN(Cc1ccccc1)C(=O)c1ccc(CN2C(=O)COc3ccc(C(=O)COc4ccc(F)cc4)cc32)o1. The fourth-order valence-corrected chi connectivity index (χ4v) is 4.16. The molecule has 5 rings (SSSR count). The van der Waals surface area contributed by atoms with E-state index in [-0.39, 0.29) is 43.1 Å². The van der Waals surface area contributed by atoms with Crippen molar-refractivity contribution in [2.45, 2.75) is 13.1 Å². The molecule has 0 saturated heterocycles. The van der Waals surface area contributed by atoms with Crippen molar-refractivity contribution < 1.29 is 32.7 Å². The number of ether oxygens (including phenoxy) is 2. The summed E-state index contributed by atoms with van der Waals surface area (Å²) >= 11 is 0. The predicted octanol–water partition coefficient (Wildman–Crippen LogP) is 4.88. The van der Waals surface area contributed by atoms with E-state index in [1.807, 2.05) is 30.3 Å². The molecular formula is C30H25FN2O6. The Hall–Kier alpha value is -4.92. The highest BCUT2D eigenvalue weighted by atomic mass is 19.1. The van der Waals surface area contributed by atoms with Crippen LogP contribution in [0.5, 0.6) is 11.5 Å². The van der Waals surface area contributed by atoms with E-state index in [1.54, 1.807) is 42.3 Å². The predicted molar refractivity (Wildman–Crippen MR) is 140 cm³/mol. The Labute approximate surface area is 224 Å². The highest BCUT2D eigenvalue weighted by molar-refractivity contribution is 6.02. The molecule has 198 valence electrons. The number of amides is 2. The van der Waals surface area contributed by atoms with Gasteiger partial charge < -0.3 is 18.8 Å². The Kier molecular flexibility index (Phi) is 7.40. The van der Waals surface area contributed by atoms with Gasteiger partial charge in [0.2, 0.25) is 0 Å². The van der Waals surface area contributed by atoms with Crippen molar-refractivity contribution in [1.29, 1.82) is 0 Å². The molecule has 0 fully saturated rings. The van der Waals surface area contributed by atoms with E-state index in [4.69, 9.17) is 13.9 Å². The van der Waals surface area contributed by atoms with Crippen molar-refractivity contribution in [2.75, 3.05) is 25.2 Å². The summed E-state index contributed by atoms with van der Waals surface area (Å²) in [5.74, 6) is 0.0348. The van der Waals surface area contributed by atoms with Gasteiger partial charge in [-0.3, -0.25) is 19.3 Å². The van der Waals surface area contributed by atoms with Crippen LogP contribution in [-0.4, -0.2) is 42.8 Å². The summed E-state index contributed by atoms with van der Waals surface area (Å²) in [6, 6.07) is 23.0. The van der Waals surface area contributed by atoms with Crippen LogP contribution in [0.4, 0.5) is 10.1 Å². The molecule has 9 heteroatoms. The van der Waals surface area contributed by atoms with Gasteiger partial charge in [-0.25, -0.2) is 4.39 Å². The molecule has 2 heterocycles. The monoisotopic (exact) mass is 528 g/mol. The summed E-state index contributed by atoms with van der Waals surface area (Å²) in [5.41, 5.74) is 1.71. The number of hydrogen-bond donors (Lipinski definition) is 0. The second kappa shape index (κ2) is 11.2. The van der Waals surface area contributed by atoms with Gasteiger partial charge in [0.15, 0.2) is 24.8 Å². The summed E-state index contributed by atoms with van der Waals surface area (Å²) in [4.78, 5) is 41.5. The van der Waals surface area contributed by atoms with E-state index in [1.165, 1.54) is 29.2 Å². The third-order valence-corrected chi connectivity index (χ3v) is 6.20. The molecule has 0 saturated carbocycles. The first kappa shape index (κ1) is 25.7. The van der Waals surface area contributed by atoms with E-state index < -0.39 is 5.82 Å². The molecule has 0 atom stereocenters. The number of benzene rings is 3. The number of rotatable bonds is 9. The molecule has 2 amide bonds. The smallest absolute Gasteiger partial charge is 0.289 e. The zero-order chi connectivity index (χ0) is 27.4. The number of ketones is 1. The van der Waals surface area contributed by atoms with Crippen LogP contribution in [-0.2, 0) is 17.9 Å². The quantitative estimate of drug-likeness (QED) is 0.288. The number of fused-ring (bicyclic) bond motifs is 1.